The van der Waals surface area contributed by atoms with Gasteiger partial charge in [-0.1, -0.05) is 0 Å². The number of nitrogens with two attached hydrogens (primary N) is 2. The highest BCUT2D eigenvalue weighted by Crippen LogP contribution is 2.28. The molecule has 1 fully saturated rings. The van der Waals surface area contributed by atoms with Gasteiger partial charge < -0.3 is 21.1 Å². The van der Waals surface area contributed by atoms with E-state index in [2.05, 4.69) is 4.90 Å². The van der Waals surface area contributed by atoms with Gasteiger partial charge in [0.2, 0.25) is 0 Å². The molecule has 4 nitrogen and oxygen atoms in total. The smallest absolute Gasteiger partial charge is 0.0474 e. The summed E-state index contributed by atoms with van der Waals surface area (Å²) in [4.78, 5) is 2.49. The third kappa shape index (κ3) is 3.72. The van der Waals surface area contributed by atoms with Crippen molar-refractivity contribution in [3.05, 3.63) is 0 Å². The fourth-order valence-electron chi connectivity index (χ4n) is 2.18. The highest BCUT2D eigenvalue weighted by molar-refractivity contribution is 4.87. The molecule has 4 N–H and O–H groups in total. The Labute approximate surface area is 92.9 Å². The molecule has 0 saturated carbocycles. The molecule has 0 atom stereocenters. The second-order valence-electron chi connectivity index (χ2n) is 4.60. The standard InChI is InChI=1S/C11H25N3O/c1-15-8-2-5-14-6-3-11(9-12,10-13)4-7-14/h2-10,12-13H2,1H3. The number of ether oxygens (including phenoxy) is 1. The lowest BCUT2D eigenvalue weighted by molar-refractivity contribution is 0.104. The molecule has 0 radical (unpaired) electrons. The van der Waals surface area contributed by atoms with Crippen LogP contribution in [-0.4, -0.2) is 51.3 Å². The van der Waals surface area contributed by atoms with Crippen molar-refractivity contribution >= 4 is 0 Å². The van der Waals surface area contributed by atoms with Crippen molar-refractivity contribution in [3.8, 4) is 0 Å². The highest BCUT2D eigenvalue weighted by Gasteiger charge is 2.31. The average Bonchev–Trinajstić information content (AvgIpc) is 2.31. The van der Waals surface area contributed by atoms with E-state index in [1.165, 1.54) is 0 Å². The molecule has 0 amide bonds. The Morgan fingerprint density at radius 3 is 2.27 bits per heavy atom. The number of likely N-dealkylation sites (tertiary alicyclic amines) is 1. The highest BCUT2D eigenvalue weighted by atomic mass is 16.5. The fourth-order valence-corrected chi connectivity index (χ4v) is 2.18. The zero-order valence-electron chi connectivity index (χ0n) is 9.87. The normalized spacial score (nSPS) is 21.8. The Bertz CT molecular complexity index is 161. The molecular formula is C11H25N3O. The third-order valence-electron chi connectivity index (χ3n) is 3.61. The number of rotatable bonds is 6. The topological polar surface area (TPSA) is 64.5 Å². The van der Waals surface area contributed by atoms with E-state index < -0.39 is 0 Å². The van der Waals surface area contributed by atoms with Crippen molar-refractivity contribution in [2.45, 2.75) is 19.3 Å². The lowest BCUT2D eigenvalue weighted by Gasteiger charge is -2.40. The van der Waals surface area contributed by atoms with Crippen LogP contribution >= 0.6 is 0 Å². The van der Waals surface area contributed by atoms with Crippen LogP contribution in [0.5, 0.6) is 0 Å². The molecule has 0 aliphatic carbocycles. The van der Waals surface area contributed by atoms with E-state index in [-0.39, 0.29) is 5.41 Å². The Morgan fingerprint density at radius 1 is 1.20 bits per heavy atom. The maximum atomic E-state index is 5.80. The minimum atomic E-state index is 0.220. The summed E-state index contributed by atoms with van der Waals surface area (Å²) in [7, 11) is 1.75. The summed E-state index contributed by atoms with van der Waals surface area (Å²) in [5.74, 6) is 0. The summed E-state index contributed by atoms with van der Waals surface area (Å²) in [6, 6.07) is 0. The molecule has 1 rings (SSSR count). The van der Waals surface area contributed by atoms with Crippen LogP contribution < -0.4 is 11.5 Å². The first-order valence-corrected chi connectivity index (χ1v) is 5.88. The fraction of sp³-hybridized carbons (Fsp3) is 1.00. The van der Waals surface area contributed by atoms with Gasteiger partial charge in [0.15, 0.2) is 0 Å². The molecule has 4 heteroatoms. The van der Waals surface area contributed by atoms with Crippen molar-refractivity contribution in [1.82, 2.24) is 4.90 Å². The molecule has 90 valence electrons. The first-order chi connectivity index (χ1) is 7.26. The quantitative estimate of drug-likeness (QED) is 0.613. The second kappa shape index (κ2) is 6.43. The molecule has 1 saturated heterocycles. The molecule has 0 spiro atoms. The van der Waals surface area contributed by atoms with Gasteiger partial charge in [-0.05, 0) is 50.9 Å². The van der Waals surface area contributed by atoms with Crippen molar-refractivity contribution in [1.29, 1.82) is 0 Å². The Hall–Kier alpha value is -0.160. The van der Waals surface area contributed by atoms with Crippen LogP contribution in [0, 0.1) is 5.41 Å². The zero-order chi connectivity index (χ0) is 11.1. The first-order valence-electron chi connectivity index (χ1n) is 5.88. The lowest BCUT2D eigenvalue weighted by atomic mass is 9.78. The van der Waals surface area contributed by atoms with Gasteiger partial charge in [0.05, 0.1) is 0 Å². The van der Waals surface area contributed by atoms with Crippen LogP contribution in [-0.2, 0) is 4.74 Å². The monoisotopic (exact) mass is 215 g/mol. The Kier molecular flexibility index (Phi) is 5.53. The number of nitrogens with zero attached hydrogens (tertiary/aromatic N) is 1. The van der Waals surface area contributed by atoms with Gasteiger partial charge in [-0.3, -0.25) is 0 Å². The van der Waals surface area contributed by atoms with E-state index in [0.29, 0.717) is 0 Å². The maximum absolute atomic E-state index is 5.80. The van der Waals surface area contributed by atoms with Crippen molar-refractivity contribution in [3.63, 3.8) is 0 Å². The van der Waals surface area contributed by atoms with Gasteiger partial charge in [-0.25, -0.2) is 0 Å². The largest absolute Gasteiger partial charge is 0.385 e. The van der Waals surface area contributed by atoms with Gasteiger partial charge in [0.1, 0.15) is 0 Å². The van der Waals surface area contributed by atoms with E-state index in [9.17, 15) is 0 Å². The third-order valence-corrected chi connectivity index (χ3v) is 3.61. The summed E-state index contributed by atoms with van der Waals surface area (Å²) in [6.45, 7) is 5.73. The lowest BCUT2D eigenvalue weighted by Crippen LogP contribution is -2.48. The molecule has 15 heavy (non-hydrogen) atoms. The summed E-state index contributed by atoms with van der Waals surface area (Å²) in [5, 5.41) is 0. The molecule has 0 unspecified atom stereocenters. The summed E-state index contributed by atoms with van der Waals surface area (Å²) < 4.78 is 5.05. The van der Waals surface area contributed by atoms with Crippen LogP contribution in [0.1, 0.15) is 19.3 Å². The predicted molar refractivity (Wildman–Crippen MR) is 62.7 cm³/mol. The first kappa shape index (κ1) is 12.9. The average molecular weight is 215 g/mol. The maximum Gasteiger partial charge on any atom is 0.0474 e. The molecule has 1 heterocycles. The Morgan fingerprint density at radius 2 is 1.80 bits per heavy atom. The van der Waals surface area contributed by atoms with E-state index in [4.69, 9.17) is 16.2 Å². The van der Waals surface area contributed by atoms with Crippen molar-refractivity contribution in [2.24, 2.45) is 16.9 Å². The van der Waals surface area contributed by atoms with Crippen LogP contribution in [0.4, 0.5) is 0 Å². The summed E-state index contributed by atoms with van der Waals surface area (Å²) in [5.41, 5.74) is 11.8. The van der Waals surface area contributed by atoms with Crippen LogP contribution in [0.25, 0.3) is 0 Å². The number of hydrogen-bond acceptors (Lipinski definition) is 4. The second-order valence-corrected chi connectivity index (χ2v) is 4.60. The molecule has 0 bridgehead atoms. The van der Waals surface area contributed by atoms with Crippen molar-refractivity contribution in [2.75, 3.05) is 46.4 Å². The van der Waals surface area contributed by atoms with E-state index in [1.54, 1.807) is 7.11 Å². The number of methoxy groups -OCH3 is 1. The SMILES string of the molecule is COCCCN1CCC(CN)(CN)CC1. The summed E-state index contributed by atoms with van der Waals surface area (Å²) >= 11 is 0. The molecule has 0 aromatic carbocycles. The molecular weight excluding hydrogens is 190 g/mol. The molecule has 0 aromatic heterocycles. The minimum absolute atomic E-state index is 0.220. The summed E-state index contributed by atoms with van der Waals surface area (Å²) in [6.07, 6.45) is 3.41. The van der Waals surface area contributed by atoms with Crippen molar-refractivity contribution < 1.29 is 4.74 Å². The van der Waals surface area contributed by atoms with E-state index in [1.807, 2.05) is 0 Å². The van der Waals surface area contributed by atoms with Crippen LogP contribution in [0.15, 0.2) is 0 Å². The van der Waals surface area contributed by atoms with Gasteiger partial charge in [-0.15, -0.1) is 0 Å². The van der Waals surface area contributed by atoms with Gasteiger partial charge in [-0.2, -0.15) is 0 Å². The molecule has 1 aliphatic heterocycles. The molecule has 1 aliphatic rings. The number of hydrogen-bond donors (Lipinski definition) is 2. The molecule has 0 aromatic rings. The Balaban J connectivity index is 2.22. The van der Waals surface area contributed by atoms with Gasteiger partial charge >= 0.3 is 0 Å². The number of piperidine rings is 1. The van der Waals surface area contributed by atoms with Gasteiger partial charge in [0, 0.05) is 20.3 Å². The zero-order valence-corrected chi connectivity index (χ0v) is 9.87. The van der Waals surface area contributed by atoms with E-state index in [0.717, 1.165) is 58.6 Å². The minimum Gasteiger partial charge on any atom is -0.385 e. The van der Waals surface area contributed by atoms with Gasteiger partial charge in [0.25, 0.3) is 0 Å². The van der Waals surface area contributed by atoms with Crippen LogP contribution in [0.2, 0.25) is 0 Å². The van der Waals surface area contributed by atoms with E-state index >= 15 is 0 Å². The predicted octanol–water partition coefficient (Wildman–Crippen LogP) is 0.0225. The van der Waals surface area contributed by atoms with Crippen LogP contribution in [0.3, 0.4) is 0 Å².